The molecule has 0 bridgehead atoms. The number of benzene rings is 1. The van der Waals surface area contributed by atoms with Crippen LogP contribution in [-0.4, -0.2) is 39.1 Å². The van der Waals surface area contributed by atoms with Gasteiger partial charge in [0.1, 0.15) is 22.6 Å². The molecule has 2 fully saturated rings. The number of rotatable bonds is 3. The van der Waals surface area contributed by atoms with E-state index >= 15 is 0 Å². The fourth-order valence-corrected chi connectivity index (χ4v) is 4.94. The number of fused-ring (bicyclic) bond motifs is 1. The van der Waals surface area contributed by atoms with Crippen molar-refractivity contribution in [1.82, 2.24) is 0 Å². The molecule has 1 aromatic carbocycles. The Morgan fingerprint density at radius 3 is 2.62 bits per heavy atom. The Bertz CT molecular complexity index is 1030. The van der Waals surface area contributed by atoms with Gasteiger partial charge in [0.2, 0.25) is 0 Å². The lowest BCUT2D eigenvalue weighted by Crippen LogP contribution is -2.52. The first-order valence-corrected chi connectivity index (χ1v) is 10.4. The third-order valence-electron chi connectivity index (χ3n) is 5.24. The van der Waals surface area contributed by atoms with E-state index in [0.717, 1.165) is 29.9 Å². The summed E-state index contributed by atoms with van der Waals surface area (Å²) in [7, 11) is -4.24. The molecule has 1 aromatic rings. The van der Waals surface area contributed by atoms with E-state index in [9.17, 15) is 26.0 Å². The van der Waals surface area contributed by atoms with E-state index in [1.54, 1.807) is 0 Å². The molecule has 2 atom stereocenters. The van der Waals surface area contributed by atoms with Gasteiger partial charge in [-0.2, -0.15) is 21.6 Å². The highest BCUT2D eigenvalue weighted by Crippen LogP contribution is 2.45. The van der Waals surface area contributed by atoms with Gasteiger partial charge in [-0.25, -0.2) is 4.39 Å². The number of amidine groups is 1. The summed E-state index contributed by atoms with van der Waals surface area (Å²) in [5.74, 6) is -0.921. The molecule has 8 nitrogen and oxygen atoms in total. The predicted molar refractivity (Wildman–Crippen MR) is 96.7 cm³/mol. The average Bonchev–Trinajstić information content (AvgIpc) is 3.46. The SMILES string of the molecule is [N-]=[N+]=N[C@H]1CCN(c2cc(F)cc3c2NC(C2CC2)=NS3(=O)=O)[C@H](C(F)(F)F)C1. The van der Waals surface area contributed by atoms with Crippen molar-refractivity contribution in [1.29, 1.82) is 0 Å². The number of anilines is 2. The van der Waals surface area contributed by atoms with Crippen molar-refractivity contribution in [2.75, 3.05) is 16.8 Å². The third kappa shape index (κ3) is 3.71. The second kappa shape index (κ2) is 6.77. The molecule has 1 N–H and O–H groups in total. The standard InChI is InChI=1S/C16H16F4N6O2S/c17-9-5-11(26-4-3-10(23-25-21)7-13(26)16(18,19)20)14-12(6-9)29(27,28)24-15(22-14)8-1-2-8/h5-6,8,10,13H,1-4,7H2,(H,22,24)/t10-,13-/m0/s1. The first-order chi connectivity index (χ1) is 13.6. The van der Waals surface area contributed by atoms with Gasteiger partial charge < -0.3 is 10.2 Å². The summed E-state index contributed by atoms with van der Waals surface area (Å²) in [6, 6.07) is -1.26. The van der Waals surface area contributed by atoms with Crippen molar-refractivity contribution >= 4 is 27.2 Å². The second-order valence-electron chi connectivity index (χ2n) is 7.28. The topological polar surface area (TPSA) is 111 Å². The van der Waals surface area contributed by atoms with Crippen LogP contribution in [0.1, 0.15) is 25.7 Å². The van der Waals surface area contributed by atoms with Crippen molar-refractivity contribution in [2.45, 2.75) is 48.8 Å². The van der Waals surface area contributed by atoms with Crippen LogP contribution in [-0.2, 0) is 10.0 Å². The smallest absolute Gasteiger partial charge is 0.358 e. The van der Waals surface area contributed by atoms with E-state index in [1.807, 2.05) is 0 Å². The van der Waals surface area contributed by atoms with Crippen LogP contribution >= 0.6 is 0 Å². The summed E-state index contributed by atoms with van der Waals surface area (Å²) in [6.07, 6.45) is -3.64. The number of hydrogen-bond donors (Lipinski definition) is 1. The van der Waals surface area contributed by atoms with Crippen molar-refractivity contribution in [3.8, 4) is 0 Å². The third-order valence-corrected chi connectivity index (χ3v) is 6.55. The Morgan fingerprint density at radius 1 is 1.28 bits per heavy atom. The van der Waals surface area contributed by atoms with Crippen LogP contribution in [0.3, 0.4) is 0 Å². The van der Waals surface area contributed by atoms with Gasteiger partial charge >= 0.3 is 6.18 Å². The van der Waals surface area contributed by atoms with Crippen LogP contribution in [0, 0.1) is 11.7 Å². The van der Waals surface area contributed by atoms with Crippen LogP contribution in [0.2, 0.25) is 0 Å². The van der Waals surface area contributed by atoms with Gasteiger partial charge in [0.05, 0.1) is 11.4 Å². The Balaban J connectivity index is 1.81. The summed E-state index contributed by atoms with van der Waals surface area (Å²) in [5.41, 5.74) is 8.26. The van der Waals surface area contributed by atoms with Gasteiger partial charge in [0.15, 0.2) is 0 Å². The minimum absolute atomic E-state index is 0.0974. The van der Waals surface area contributed by atoms with E-state index in [2.05, 4.69) is 19.7 Å². The van der Waals surface area contributed by atoms with Crippen LogP contribution in [0.4, 0.5) is 28.9 Å². The first kappa shape index (κ1) is 19.8. The number of hydrogen-bond acceptors (Lipinski definition) is 5. The molecule has 156 valence electrons. The predicted octanol–water partition coefficient (Wildman–Crippen LogP) is 3.96. The summed E-state index contributed by atoms with van der Waals surface area (Å²) in [4.78, 5) is 3.03. The Labute approximate surface area is 163 Å². The number of nitrogens with zero attached hydrogens (tertiary/aromatic N) is 5. The number of piperidine rings is 1. The number of azide groups is 1. The van der Waals surface area contributed by atoms with Gasteiger partial charge in [-0.1, -0.05) is 5.11 Å². The fourth-order valence-electron chi connectivity index (χ4n) is 3.71. The maximum atomic E-state index is 14.2. The maximum Gasteiger partial charge on any atom is 0.408 e. The monoisotopic (exact) mass is 432 g/mol. The van der Waals surface area contributed by atoms with Crippen LogP contribution in [0.25, 0.3) is 10.4 Å². The lowest BCUT2D eigenvalue weighted by molar-refractivity contribution is -0.153. The molecule has 0 aromatic heterocycles. The summed E-state index contributed by atoms with van der Waals surface area (Å²) in [6.45, 7) is -0.179. The van der Waals surface area contributed by atoms with E-state index in [0.29, 0.717) is 0 Å². The van der Waals surface area contributed by atoms with E-state index in [-0.39, 0.29) is 36.1 Å². The first-order valence-electron chi connectivity index (χ1n) is 8.93. The summed E-state index contributed by atoms with van der Waals surface area (Å²) >= 11 is 0. The highest BCUT2D eigenvalue weighted by Gasteiger charge is 2.48. The molecule has 0 radical (unpaired) electrons. The highest BCUT2D eigenvalue weighted by molar-refractivity contribution is 7.90. The molecule has 1 saturated carbocycles. The van der Waals surface area contributed by atoms with Crippen molar-refractivity contribution in [3.05, 3.63) is 28.4 Å². The van der Waals surface area contributed by atoms with Crippen LogP contribution in [0.15, 0.2) is 26.5 Å². The van der Waals surface area contributed by atoms with Crippen molar-refractivity contribution in [3.63, 3.8) is 0 Å². The van der Waals surface area contributed by atoms with E-state index in [1.165, 1.54) is 0 Å². The molecule has 0 amide bonds. The molecule has 4 rings (SSSR count). The number of nitrogens with one attached hydrogen (secondary N) is 1. The Kier molecular flexibility index (Phi) is 4.61. The molecular formula is C16H16F4N6O2S. The quantitative estimate of drug-likeness (QED) is 0.337. The average molecular weight is 432 g/mol. The molecular weight excluding hydrogens is 416 g/mol. The second-order valence-corrected chi connectivity index (χ2v) is 8.86. The fraction of sp³-hybridized carbons (Fsp3) is 0.562. The zero-order chi connectivity index (χ0) is 21.0. The number of alkyl halides is 3. The zero-order valence-corrected chi connectivity index (χ0v) is 15.7. The Morgan fingerprint density at radius 2 is 2.00 bits per heavy atom. The lowest BCUT2D eigenvalue weighted by Gasteiger charge is -2.41. The minimum atomic E-state index is -4.69. The molecule has 2 heterocycles. The van der Waals surface area contributed by atoms with Gasteiger partial charge in [-0.3, -0.25) is 0 Å². The summed E-state index contributed by atoms with van der Waals surface area (Å²) < 4.78 is 84.2. The van der Waals surface area contributed by atoms with Crippen LogP contribution < -0.4 is 10.2 Å². The summed E-state index contributed by atoms with van der Waals surface area (Å²) in [5, 5.41) is 6.23. The molecule has 29 heavy (non-hydrogen) atoms. The van der Waals surface area contributed by atoms with Crippen molar-refractivity contribution < 1.29 is 26.0 Å². The Hall–Kier alpha value is -2.53. The highest BCUT2D eigenvalue weighted by atomic mass is 32.2. The van der Waals surface area contributed by atoms with E-state index in [4.69, 9.17) is 5.53 Å². The van der Waals surface area contributed by atoms with Crippen LogP contribution in [0.5, 0.6) is 0 Å². The maximum absolute atomic E-state index is 14.2. The molecule has 0 unspecified atom stereocenters. The molecule has 3 aliphatic rings. The molecule has 1 saturated heterocycles. The molecule has 2 aliphatic heterocycles. The van der Waals surface area contributed by atoms with Crippen molar-refractivity contribution in [2.24, 2.45) is 15.4 Å². The van der Waals surface area contributed by atoms with E-state index < -0.39 is 45.4 Å². The molecule has 0 spiro atoms. The molecule has 13 heteroatoms. The lowest BCUT2D eigenvalue weighted by atomic mass is 9.96. The zero-order valence-electron chi connectivity index (χ0n) is 14.9. The van der Waals surface area contributed by atoms with Gasteiger partial charge in [-0.05, 0) is 43.3 Å². The van der Waals surface area contributed by atoms with Gasteiger partial charge in [0, 0.05) is 23.4 Å². The number of halogens is 4. The number of sulfonamides is 1. The van der Waals surface area contributed by atoms with Gasteiger partial charge in [-0.15, -0.1) is 4.40 Å². The normalized spacial score (nSPS) is 26.1. The van der Waals surface area contributed by atoms with Gasteiger partial charge in [0.25, 0.3) is 10.0 Å². The molecule has 1 aliphatic carbocycles. The largest absolute Gasteiger partial charge is 0.408 e. The minimum Gasteiger partial charge on any atom is -0.358 e.